The summed E-state index contributed by atoms with van der Waals surface area (Å²) < 4.78 is 0. The molecule has 1 unspecified atom stereocenters. The number of benzene rings is 1. The van der Waals surface area contributed by atoms with Crippen LogP contribution in [0.2, 0.25) is 0 Å². The zero-order valence-corrected chi connectivity index (χ0v) is 11.2. The van der Waals surface area contributed by atoms with Crippen molar-refractivity contribution < 1.29 is 0 Å². The van der Waals surface area contributed by atoms with Crippen molar-refractivity contribution in [2.45, 2.75) is 52.9 Å². The average molecular weight is 215 g/mol. The van der Waals surface area contributed by atoms with E-state index in [4.69, 9.17) is 5.26 Å². The molecule has 0 N–H and O–H groups in total. The van der Waals surface area contributed by atoms with E-state index < -0.39 is 0 Å². The topological polar surface area (TPSA) is 23.8 Å². The van der Waals surface area contributed by atoms with Crippen LogP contribution in [0.1, 0.15) is 55.9 Å². The fourth-order valence-corrected chi connectivity index (χ4v) is 1.99. The highest BCUT2D eigenvalue weighted by atomic mass is 14.3. The molecule has 86 valence electrons. The van der Waals surface area contributed by atoms with Crippen LogP contribution in [-0.4, -0.2) is 0 Å². The third kappa shape index (κ3) is 2.44. The number of nitriles is 1. The maximum Gasteiger partial charge on any atom is 0.0700 e. The van der Waals surface area contributed by atoms with Crippen molar-refractivity contribution in [3.05, 3.63) is 34.4 Å². The van der Waals surface area contributed by atoms with E-state index in [0.717, 1.165) is 5.56 Å². The van der Waals surface area contributed by atoms with Crippen LogP contribution >= 0.6 is 0 Å². The van der Waals surface area contributed by atoms with Crippen LogP contribution in [0.4, 0.5) is 0 Å². The molecule has 0 amide bonds. The number of nitrogens with zero attached hydrogens (tertiary/aromatic N) is 1. The number of hydrogen-bond donors (Lipinski definition) is 0. The summed E-state index contributed by atoms with van der Waals surface area (Å²) in [6.07, 6.45) is 0. The molecule has 0 heterocycles. The summed E-state index contributed by atoms with van der Waals surface area (Å²) in [6.45, 7) is 12.9. The molecule has 0 aliphatic carbocycles. The van der Waals surface area contributed by atoms with Crippen molar-refractivity contribution in [2.24, 2.45) is 0 Å². The van der Waals surface area contributed by atoms with Crippen LogP contribution in [0.5, 0.6) is 0 Å². The fraction of sp³-hybridized carbons (Fsp3) is 0.533. The van der Waals surface area contributed by atoms with E-state index in [1.54, 1.807) is 0 Å². The number of rotatable bonds is 1. The molecule has 1 aromatic carbocycles. The van der Waals surface area contributed by atoms with Gasteiger partial charge in [-0.05, 0) is 48.4 Å². The largest absolute Gasteiger partial charge is 0.198 e. The Balaban J connectivity index is 3.41. The first kappa shape index (κ1) is 12.8. The van der Waals surface area contributed by atoms with Gasteiger partial charge in [-0.15, -0.1) is 0 Å². The highest BCUT2D eigenvalue weighted by Gasteiger charge is 2.19. The Labute approximate surface area is 99.1 Å². The molecule has 1 nitrogen and oxygen atoms in total. The summed E-state index contributed by atoms with van der Waals surface area (Å²) in [7, 11) is 0. The highest BCUT2D eigenvalue weighted by molar-refractivity contribution is 5.43. The quantitative estimate of drug-likeness (QED) is 0.687. The lowest BCUT2D eigenvalue weighted by Gasteiger charge is -2.24. The molecule has 1 heteroatoms. The molecule has 0 aromatic heterocycles. The summed E-state index contributed by atoms with van der Waals surface area (Å²) in [5.41, 5.74) is 5.26. The minimum atomic E-state index is -0.0274. The Bertz CT molecular complexity index is 430. The van der Waals surface area contributed by atoms with Crippen molar-refractivity contribution in [3.63, 3.8) is 0 Å². The van der Waals surface area contributed by atoms with E-state index in [9.17, 15) is 0 Å². The SMILES string of the molecule is Cc1cc(C(C)C#N)cc(C(C)(C)C)c1C. The van der Waals surface area contributed by atoms with Gasteiger partial charge in [0.2, 0.25) is 0 Å². The zero-order chi connectivity index (χ0) is 12.5. The van der Waals surface area contributed by atoms with Gasteiger partial charge >= 0.3 is 0 Å². The van der Waals surface area contributed by atoms with Gasteiger partial charge in [-0.2, -0.15) is 5.26 Å². The van der Waals surface area contributed by atoms with E-state index in [1.165, 1.54) is 16.7 Å². The van der Waals surface area contributed by atoms with Gasteiger partial charge in [0, 0.05) is 0 Å². The third-order valence-corrected chi connectivity index (χ3v) is 3.19. The maximum atomic E-state index is 8.99. The Morgan fingerprint density at radius 3 is 2.19 bits per heavy atom. The summed E-state index contributed by atoms with van der Waals surface area (Å²) in [6, 6.07) is 6.63. The van der Waals surface area contributed by atoms with Crippen LogP contribution < -0.4 is 0 Å². The molecule has 1 aromatic rings. The monoisotopic (exact) mass is 215 g/mol. The predicted octanol–water partition coefficient (Wildman–Crippen LogP) is 4.23. The second-order valence-corrected chi connectivity index (χ2v) is 5.61. The Kier molecular flexibility index (Phi) is 3.43. The Hall–Kier alpha value is -1.29. The molecule has 0 saturated heterocycles. The van der Waals surface area contributed by atoms with Crippen molar-refractivity contribution in [1.82, 2.24) is 0 Å². The first-order valence-corrected chi connectivity index (χ1v) is 5.78. The standard InChI is InChI=1S/C15H21N/c1-10-7-13(11(2)9-16)8-14(12(10)3)15(4,5)6/h7-8,11H,1-6H3. The Morgan fingerprint density at radius 2 is 1.75 bits per heavy atom. The van der Waals surface area contributed by atoms with Gasteiger partial charge in [-0.1, -0.05) is 32.9 Å². The smallest absolute Gasteiger partial charge is 0.0700 e. The van der Waals surface area contributed by atoms with E-state index in [2.05, 4.69) is 52.8 Å². The number of hydrogen-bond acceptors (Lipinski definition) is 1. The minimum Gasteiger partial charge on any atom is -0.198 e. The first-order chi connectivity index (χ1) is 7.27. The van der Waals surface area contributed by atoms with Gasteiger partial charge in [0.05, 0.1) is 12.0 Å². The third-order valence-electron chi connectivity index (χ3n) is 3.19. The van der Waals surface area contributed by atoms with Gasteiger partial charge in [-0.3, -0.25) is 0 Å². The van der Waals surface area contributed by atoms with Crippen LogP contribution in [0.25, 0.3) is 0 Å². The van der Waals surface area contributed by atoms with Gasteiger partial charge in [-0.25, -0.2) is 0 Å². The van der Waals surface area contributed by atoms with Crippen molar-refractivity contribution in [2.75, 3.05) is 0 Å². The average Bonchev–Trinajstić information content (AvgIpc) is 2.18. The molecule has 0 aliphatic rings. The van der Waals surface area contributed by atoms with Crippen molar-refractivity contribution >= 4 is 0 Å². The van der Waals surface area contributed by atoms with Crippen LogP contribution in [0.15, 0.2) is 12.1 Å². The summed E-state index contributed by atoms with van der Waals surface area (Å²) in [5, 5.41) is 8.99. The summed E-state index contributed by atoms with van der Waals surface area (Å²) in [4.78, 5) is 0. The van der Waals surface area contributed by atoms with Gasteiger partial charge in [0.25, 0.3) is 0 Å². The maximum absolute atomic E-state index is 8.99. The van der Waals surface area contributed by atoms with E-state index in [1.807, 2.05) is 6.92 Å². The molecule has 1 atom stereocenters. The predicted molar refractivity (Wildman–Crippen MR) is 68.6 cm³/mol. The molecule has 0 spiro atoms. The molecular formula is C15H21N. The van der Waals surface area contributed by atoms with Gasteiger partial charge in [0.15, 0.2) is 0 Å². The summed E-state index contributed by atoms with van der Waals surface area (Å²) >= 11 is 0. The van der Waals surface area contributed by atoms with Crippen LogP contribution in [0, 0.1) is 25.2 Å². The molecule has 0 aliphatic heterocycles. The number of aryl methyl sites for hydroxylation is 1. The molecule has 0 radical (unpaired) electrons. The highest BCUT2D eigenvalue weighted by Crippen LogP contribution is 2.30. The molecular weight excluding hydrogens is 194 g/mol. The first-order valence-electron chi connectivity index (χ1n) is 5.78. The lowest BCUT2D eigenvalue weighted by atomic mass is 9.80. The molecule has 1 rings (SSSR count). The lowest BCUT2D eigenvalue weighted by Crippen LogP contribution is -2.14. The zero-order valence-electron chi connectivity index (χ0n) is 11.2. The van der Waals surface area contributed by atoms with Gasteiger partial charge in [0.1, 0.15) is 0 Å². The minimum absolute atomic E-state index is 0.0274. The molecule has 0 saturated carbocycles. The normalized spacial score (nSPS) is 13.3. The fourth-order valence-electron chi connectivity index (χ4n) is 1.99. The molecule has 0 bridgehead atoms. The Morgan fingerprint density at radius 1 is 1.19 bits per heavy atom. The summed E-state index contributed by atoms with van der Waals surface area (Å²) in [5.74, 6) is -0.0274. The van der Waals surface area contributed by atoms with Gasteiger partial charge < -0.3 is 0 Å². The van der Waals surface area contributed by atoms with E-state index >= 15 is 0 Å². The second-order valence-electron chi connectivity index (χ2n) is 5.61. The van der Waals surface area contributed by atoms with Crippen LogP contribution in [-0.2, 0) is 5.41 Å². The molecule has 0 fully saturated rings. The molecule has 16 heavy (non-hydrogen) atoms. The lowest BCUT2D eigenvalue weighted by molar-refractivity contribution is 0.584. The van der Waals surface area contributed by atoms with Crippen molar-refractivity contribution in [1.29, 1.82) is 5.26 Å². The van der Waals surface area contributed by atoms with Crippen LogP contribution in [0.3, 0.4) is 0 Å². The van der Waals surface area contributed by atoms with E-state index in [-0.39, 0.29) is 11.3 Å². The van der Waals surface area contributed by atoms with E-state index in [0.29, 0.717) is 0 Å². The second kappa shape index (κ2) is 4.29. The van der Waals surface area contributed by atoms with Crippen molar-refractivity contribution in [3.8, 4) is 6.07 Å².